The minimum absolute atomic E-state index is 0.407. The monoisotopic (exact) mass is 370 g/mol. The Bertz CT molecular complexity index is 631. The first kappa shape index (κ1) is 15.8. The molecule has 0 fully saturated rings. The van der Waals surface area contributed by atoms with Crippen LogP contribution in [0.5, 0.6) is 5.75 Å². The first-order valence-corrected chi connectivity index (χ1v) is 7.38. The number of rotatable bonds is 3. The topological polar surface area (TPSA) is 59.6 Å². The van der Waals surface area contributed by atoms with Gasteiger partial charge in [-0.25, -0.2) is 4.79 Å². The number of benzene rings is 1. The molecule has 1 atom stereocenters. The van der Waals surface area contributed by atoms with E-state index in [0.717, 1.165) is 10.0 Å². The fourth-order valence-electron chi connectivity index (χ4n) is 2.18. The first-order valence-electron chi connectivity index (χ1n) is 6.18. The van der Waals surface area contributed by atoms with Gasteiger partial charge in [-0.3, -0.25) is 0 Å². The molecule has 0 aromatic heterocycles. The fourth-order valence-corrected chi connectivity index (χ4v) is 2.92. The highest BCUT2D eigenvalue weighted by atomic mass is 79.9. The molecule has 0 unspecified atom stereocenters. The summed E-state index contributed by atoms with van der Waals surface area (Å²) in [5, 5.41) is 6.50. The van der Waals surface area contributed by atoms with Crippen LogP contribution in [0.15, 0.2) is 33.9 Å². The van der Waals surface area contributed by atoms with Crippen LogP contribution in [-0.2, 0) is 9.53 Å². The van der Waals surface area contributed by atoms with Gasteiger partial charge in [-0.15, -0.1) is 0 Å². The first-order chi connectivity index (χ1) is 9.97. The molecule has 0 saturated carbocycles. The van der Waals surface area contributed by atoms with Crippen molar-refractivity contribution in [1.29, 1.82) is 0 Å². The Hall–Kier alpha value is -1.60. The van der Waals surface area contributed by atoms with Crippen LogP contribution in [0.1, 0.15) is 18.5 Å². The largest absolute Gasteiger partial charge is 0.497 e. The number of hydrogen-bond donors (Lipinski definition) is 2. The molecule has 5 nitrogen and oxygen atoms in total. The Balaban J connectivity index is 2.56. The summed E-state index contributed by atoms with van der Waals surface area (Å²) >= 11 is 8.68. The normalized spacial score (nSPS) is 17.9. The molecular weight excluding hydrogens is 356 g/mol. The maximum Gasteiger partial charge on any atom is 0.337 e. The highest BCUT2D eigenvalue weighted by Crippen LogP contribution is 2.34. The van der Waals surface area contributed by atoms with Crippen LogP contribution in [-0.4, -0.2) is 25.3 Å². The van der Waals surface area contributed by atoms with Gasteiger partial charge in [0.2, 0.25) is 0 Å². The lowest BCUT2D eigenvalue weighted by Crippen LogP contribution is -2.45. The maximum absolute atomic E-state index is 12.1. The van der Waals surface area contributed by atoms with Crippen molar-refractivity contribution in [3.8, 4) is 5.75 Å². The molecule has 1 aromatic carbocycles. The third-order valence-corrected chi connectivity index (χ3v) is 4.13. The zero-order valence-corrected chi connectivity index (χ0v) is 14.2. The molecule has 0 aliphatic carbocycles. The Kier molecular flexibility index (Phi) is 4.84. The summed E-state index contributed by atoms with van der Waals surface area (Å²) < 4.78 is 11.0. The molecule has 112 valence electrons. The van der Waals surface area contributed by atoms with Gasteiger partial charge >= 0.3 is 5.97 Å². The number of carbonyl (C=O) groups excluding carboxylic acids is 1. The summed E-state index contributed by atoms with van der Waals surface area (Å²) in [6.45, 7) is 1.79. The third-order valence-electron chi connectivity index (χ3n) is 3.19. The van der Waals surface area contributed by atoms with Crippen LogP contribution in [0.3, 0.4) is 0 Å². The van der Waals surface area contributed by atoms with E-state index in [-0.39, 0.29) is 0 Å². The van der Waals surface area contributed by atoms with Crippen molar-refractivity contribution in [3.05, 3.63) is 39.5 Å². The van der Waals surface area contributed by atoms with Crippen molar-refractivity contribution in [3.63, 3.8) is 0 Å². The number of allylic oxidation sites excluding steroid dienone is 1. The average molecular weight is 371 g/mol. The number of methoxy groups -OCH3 is 2. The van der Waals surface area contributed by atoms with Crippen molar-refractivity contribution < 1.29 is 14.3 Å². The van der Waals surface area contributed by atoms with Crippen molar-refractivity contribution in [2.24, 2.45) is 0 Å². The number of halogens is 1. The predicted molar refractivity (Wildman–Crippen MR) is 87.0 cm³/mol. The minimum Gasteiger partial charge on any atom is -0.497 e. The summed E-state index contributed by atoms with van der Waals surface area (Å²) in [5.41, 5.74) is 2.00. The summed E-state index contributed by atoms with van der Waals surface area (Å²) in [5.74, 6) is 0.288. The maximum atomic E-state index is 12.1. The van der Waals surface area contributed by atoms with Gasteiger partial charge in [-0.2, -0.15) is 0 Å². The molecule has 0 saturated heterocycles. The van der Waals surface area contributed by atoms with E-state index in [2.05, 4.69) is 26.6 Å². The van der Waals surface area contributed by atoms with Gasteiger partial charge in [0.25, 0.3) is 0 Å². The van der Waals surface area contributed by atoms with Crippen LogP contribution >= 0.6 is 28.1 Å². The standard InChI is InChI=1S/C14H15BrN2O3S/c1-7-11(13(18)20-3)12(17-14(21)16-7)9-6-8(19-2)4-5-10(9)15/h4-6,12H,1-3H3,(H2,16,17,21)/t12-/m1/s1. The lowest BCUT2D eigenvalue weighted by atomic mass is 9.95. The Morgan fingerprint density at radius 2 is 2.10 bits per heavy atom. The molecule has 1 aromatic rings. The van der Waals surface area contributed by atoms with Crippen LogP contribution in [0.2, 0.25) is 0 Å². The Labute approximate surface area is 136 Å². The van der Waals surface area contributed by atoms with Gasteiger partial charge in [-0.05, 0) is 42.9 Å². The van der Waals surface area contributed by atoms with Gasteiger partial charge in [0.1, 0.15) is 5.75 Å². The molecule has 2 N–H and O–H groups in total. The SMILES string of the molecule is COC(=O)C1=C(C)NC(=S)N[C@@H]1c1cc(OC)ccc1Br. The predicted octanol–water partition coefficient (Wildman–Crippen LogP) is 2.42. The molecule has 21 heavy (non-hydrogen) atoms. The molecule has 1 heterocycles. The van der Waals surface area contributed by atoms with Crippen LogP contribution in [0.25, 0.3) is 0 Å². The lowest BCUT2D eigenvalue weighted by molar-refractivity contribution is -0.136. The van der Waals surface area contributed by atoms with Crippen LogP contribution in [0, 0.1) is 0 Å². The highest BCUT2D eigenvalue weighted by molar-refractivity contribution is 9.10. The molecule has 1 aliphatic heterocycles. The van der Waals surface area contributed by atoms with Crippen molar-refractivity contribution >= 4 is 39.2 Å². The van der Waals surface area contributed by atoms with Gasteiger partial charge in [0, 0.05) is 10.2 Å². The minimum atomic E-state index is -0.408. The summed E-state index contributed by atoms with van der Waals surface area (Å²) in [6.07, 6.45) is 0. The molecule has 7 heteroatoms. The quantitative estimate of drug-likeness (QED) is 0.629. The summed E-state index contributed by atoms with van der Waals surface area (Å²) in [4.78, 5) is 12.1. The molecule has 0 bridgehead atoms. The number of ether oxygens (including phenoxy) is 2. The summed E-state index contributed by atoms with van der Waals surface area (Å²) in [6, 6.07) is 5.15. The van der Waals surface area contributed by atoms with E-state index in [9.17, 15) is 4.79 Å². The highest BCUT2D eigenvalue weighted by Gasteiger charge is 2.31. The lowest BCUT2D eigenvalue weighted by Gasteiger charge is -2.30. The van der Waals surface area contributed by atoms with Gasteiger partial charge < -0.3 is 20.1 Å². The van der Waals surface area contributed by atoms with E-state index in [1.165, 1.54) is 7.11 Å². The van der Waals surface area contributed by atoms with E-state index in [1.807, 2.05) is 18.2 Å². The average Bonchev–Trinajstić information content (AvgIpc) is 2.46. The fraction of sp³-hybridized carbons (Fsp3) is 0.286. The van der Waals surface area contributed by atoms with E-state index in [1.54, 1.807) is 14.0 Å². The Morgan fingerprint density at radius 3 is 2.71 bits per heavy atom. The number of esters is 1. The van der Waals surface area contributed by atoms with Crippen molar-refractivity contribution in [2.75, 3.05) is 14.2 Å². The molecule has 0 amide bonds. The van der Waals surface area contributed by atoms with Gasteiger partial charge in [0.05, 0.1) is 25.8 Å². The van der Waals surface area contributed by atoms with E-state index in [0.29, 0.717) is 22.1 Å². The molecular formula is C14H15BrN2O3S. The summed E-state index contributed by atoms with van der Waals surface area (Å²) in [7, 11) is 2.95. The van der Waals surface area contributed by atoms with Gasteiger partial charge in [0.15, 0.2) is 5.11 Å². The van der Waals surface area contributed by atoms with E-state index >= 15 is 0 Å². The smallest absolute Gasteiger partial charge is 0.337 e. The van der Waals surface area contributed by atoms with E-state index < -0.39 is 12.0 Å². The second kappa shape index (κ2) is 6.44. The second-order valence-electron chi connectivity index (χ2n) is 4.45. The Morgan fingerprint density at radius 1 is 1.38 bits per heavy atom. The molecule has 0 spiro atoms. The van der Waals surface area contributed by atoms with Crippen molar-refractivity contribution in [1.82, 2.24) is 10.6 Å². The van der Waals surface area contributed by atoms with Crippen LogP contribution < -0.4 is 15.4 Å². The molecule has 1 aliphatic rings. The van der Waals surface area contributed by atoms with Gasteiger partial charge in [-0.1, -0.05) is 15.9 Å². The van der Waals surface area contributed by atoms with E-state index in [4.69, 9.17) is 21.7 Å². The molecule has 0 radical (unpaired) electrons. The number of nitrogens with one attached hydrogen (secondary N) is 2. The number of thiocarbonyl (C=S) groups is 1. The zero-order chi connectivity index (χ0) is 15.6. The second-order valence-corrected chi connectivity index (χ2v) is 5.71. The third kappa shape index (κ3) is 3.19. The number of carbonyl (C=O) groups is 1. The van der Waals surface area contributed by atoms with Crippen molar-refractivity contribution in [2.45, 2.75) is 13.0 Å². The molecule has 2 rings (SSSR count). The number of hydrogen-bond acceptors (Lipinski definition) is 4. The zero-order valence-electron chi connectivity index (χ0n) is 11.8. The van der Waals surface area contributed by atoms with Crippen LogP contribution in [0.4, 0.5) is 0 Å².